The standard InChI is InChI=1S/C11H20N4O/c1-9(2)14-8-10-13-5-7-15(10)6-4-11(16)12-3/h5,7,9,14H,4,6,8H2,1-3H3,(H,12,16). The SMILES string of the molecule is CNC(=O)CCn1ccnc1CNC(C)C. The number of nitrogens with zero attached hydrogens (tertiary/aromatic N) is 2. The normalized spacial score (nSPS) is 10.8. The first-order valence-corrected chi connectivity index (χ1v) is 5.57. The molecule has 0 aromatic carbocycles. The predicted octanol–water partition coefficient (Wildman–Crippen LogP) is 0.517. The molecule has 0 aliphatic rings. The summed E-state index contributed by atoms with van der Waals surface area (Å²) in [6.45, 7) is 5.60. The molecule has 0 bridgehead atoms. The molecule has 1 heterocycles. The van der Waals surface area contributed by atoms with Gasteiger partial charge in [0.2, 0.25) is 5.91 Å². The quantitative estimate of drug-likeness (QED) is 0.740. The average molecular weight is 224 g/mol. The van der Waals surface area contributed by atoms with E-state index in [1.165, 1.54) is 0 Å². The van der Waals surface area contributed by atoms with Gasteiger partial charge >= 0.3 is 0 Å². The Morgan fingerprint density at radius 3 is 2.94 bits per heavy atom. The lowest BCUT2D eigenvalue weighted by atomic mass is 10.3. The molecule has 0 saturated heterocycles. The molecule has 5 heteroatoms. The van der Waals surface area contributed by atoms with Gasteiger partial charge in [-0.05, 0) is 0 Å². The van der Waals surface area contributed by atoms with E-state index in [-0.39, 0.29) is 5.91 Å². The Morgan fingerprint density at radius 2 is 2.31 bits per heavy atom. The maximum atomic E-state index is 11.1. The van der Waals surface area contributed by atoms with Gasteiger partial charge in [0.05, 0.1) is 6.54 Å². The molecule has 0 unspecified atom stereocenters. The van der Waals surface area contributed by atoms with Crippen LogP contribution in [0.15, 0.2) is 12.4 Å². The molecule has 1 aromatic heterocycles. The Hall–Kier alpha value is -1.36. The number of aryl methyl sites for hydroxylation is 1. The second kappa shape index (κ2) is 6.27. The van der Waals surface area contributed by atoms with Gasteiger partial charge in [-0.25, -0.2) is 4.98 Å². The van der Waals surface area contributed by atoms with Crippen LogP contribution in [0.25, 0.3) is 0 Å². The Kier molecular flexibility index (Phi) is 4.98. The van der Waals surface area contributed by atoms with Crippen molar-refractivity contribution in [1.29, 1.82) is 0 Å². The number of carbonyl (C=O) groups excluding carboxylic acids is 1. The summed E-state index contributed by atoms with van der Waals surface area (Å²) in [5, 5.41) is 5.91. The van der Waals surface area contributed by atoms with Crippen LogP contribution in [0.5, 0.6) is 0 Å². The molecule has 1 aromatic rings. The minimum Gasteiger partial charge on any atom is -0.359 e. The fourth-order valence-corrected chi connectivity index (χ4v) is 1.35. The second-order valence-electron chi connectivity index (χ2n) is 4.00. The minimum atomic E-state index is 0.0523. The van der Waals surface area contributed by atoms with Crippen LogP contribution >= 0.6 is 0 Å². The maximum Gasteiger partial charge on any atom is 0.221 e. The molecule has 0 aliphatic carbocycles. The molecule has 1 amide bonds. The van der Waals surface area contributed by atoms with Crippen LogP contribution in [0.1, 0.15) is 26.1 Å². The van der Waals surface area contributed by atoms with E-state index in [2.05, 4.69) is 29.5 Å². The number of hydrogen-bond donors (Lipinski definition) is 2. The Balaban J connectivity index is 2.47. The van der Waals surface area contributed by atoms with Crippen molar-refractivity contribution in [1.82, 2.24) is 20.2 Å². The number of hydrogen-bond acceptors (Lipinski definition) is 3. The first kappa shape index (κ1) is 12.7. The van der Waals surface area contributed by atoms with Gasteiger partial charge in [0.1, 0.15) is 5.82 Å². The summed E-state index contributed by atoms with van der Waals surface area (Å²) < 4.78 is 2.00. The number of amides is 1. The fraction of sp³-hybridized carbons (Fsp3) is 0.636. The topological polar surface area (TPSA) is 59.0 Å². The number of imidazole rings is 1. The highest BCUT2D eigenvalue weighted by Gasteiger charge is 2.05. The summed E-state index contributed by atoms with van der Waals surface area (Å²) in [5.74, 6) is 1.02. The molecule has 0 spiro atoms. The zero-order chi connectivity index (χ0) is 12.0. The fourth-order valence-electron chi connectivity index (χ4n) is 1.35. The summed E-state index contributed by atoms with van der Waals surface area (Å²) in [7, 11) is 1.65. The summed E-state index contributed by atoms with van der Waals surface area (Å²) in [6, 6.07) is 0.434. The number of aromatic nitrogens is 2. The van der Waals surface area contributed by atoms with Crippen molar-refractivity contribution in [3.05, 3.63) is 18.2 Å². The third-order valence-corrected chi connectivity index (χ3v) is 2.33. The summed E-state index contributed by atoms with van der Waals surface area (Å²) in [6.07, 6.45) is 4.16. The zero-order valence-corrected chi connectivity index (χ0v) is 10.2. The van der Waals surface area contributed by atoms with Crippen LogP contribution in [-0.2, 0) is 17.9 Å². The third kappa shape index (κ3) is 4.02. The third-order valence-electron chi connectivity index (χ3n) is 2.33. The van der Waals surface area contributed by atoms with Gasteiger partial charge in [-0.3, -0.25) is 4.79 Å². The smallest absolute Gasteiger partial charge is 0.221 e. The van der Waals surface area contributed by atoms with E-state index < -0.39 is 0 Å². The summed E-state index contributed by atoms with van der Waals surface area (Å²) >= 11 is 0. The van der Waals surface area contributed by atoms with Gasteiger partial charge in [0, 0.05) is 38.4 Å². The van der Waals surface area contributed by atoms with Crippen molar-refractivity contribution >= 4 is 5.91 Å². The van der Waals surface area contributed by atoms with E-state index in [4.69, 9.17) is 0 Å². The highest BCUT2D eigenvalue weighted by atomic mass is 16.1. The monoisotopic (exact) mass is 224 g/mol. The molecule has 0 radical (unpaired) electrons. The highest BCUT2D eigenvalue weighted by Crippen LogP contribution is 2.00. The molecule has 0 atom stereocenters. The summed E-state index contributed by atoms with van der Waals surface area (Å²) in [5.41, 5.74) is 0. The van der Waals surface area contributed by atoms with Crippen LogP contribution in [0.4, 0.5) is 0 Å². The average Bonchev–Trinajstić information content (AvgIpc) is 2.70. The number of rotatable bonds is 6. The van der Waals surface area contributed by atoms with Crippen molar-refractivity contribution in [2.24, 2.45) is 0 Å². The van der Waals surface area contributed by atoms with Gasteiger partial charge in [-0.15, -0.1) is 0 Å². The predicted molar refractivity (Wildman–Crippen MR) is 62.9 cm³/mol. The Bertz CT molecular complexity index is 332. The largest absolute Gasteiger partial charge is 0.359 e. The molecule has 2 N–H and O–H groups in total. The molecular weight excluding hydrogens is 204 g/mol. The summed E-state index contributed by atoms with van der Waals surface area (Å²) in [4.78, 5) is 15.4. The van der Waals surface area contributed by atoms with Crippen LogP contribution in [-0.4, -0.2) is 28.5 Å². The second-order valence-corrected chi connectivity index (χ2v) is 4.00. The van der Waals surface area contributed by atoms with Crippen molar-refractivity contribution in [3.63, 3.8) is 0 Å². The highest BCUT2D eigenvalue weighted by molar-refractivity contribution is 5.75. The van der Waals surface area contributed by atoms with E-state index in [1.807, 2.05) is 10.8 Å². The maximum absolute atomic E-state index is 11.1. The first-order chi connectivity index (χ1) is 7.63. The lowest BCUT2D eigenvalue weighted by Crippen LogP contribution is -2.25. The molecule has 0 fully saturated rings. The zero-order valence-electron chi connectivity index (χ0n) is 10.2. The molecule has 5 nitrogen and oxygen atoms in total. The van der Waals surface area contributed by atoms with Crippen LogP contribution in [0.3, 0.4) is 0 Å². The number of nitrogens with one attached hydrogen (secondary N) is 2. The van der Waals surface area contributed by atoms with E-state index in [0.29, 0.717) is 19.0 Å². The lowest BCUT2D eigenvalue weighted by molar-refractivity contribution is -0.120. The van der Waals surface area contributed by atoms with Crippen molar-refractivity contribution < 1.29 is 4.79 Å². The van der Waals surface area contributed by atoms with Crippen molar-refractivity contribution in [3.8, 4) is 0 Å². The molecule has 16 heavy (non-hydrogen) atoms. The van der Waals surface area contributed by atoms with Crippen LogP contribution in [0, 0.1) is 0 Å². The minimum absolute atomic E-state index is 0.0523. The molecular formula is C11H20N4O. The number of carbonyl (C=O) groups is 1. The van der Waals surface area contributed by atoms with E-state index >= 15 is 0 Å². The van der Waals surface area contributed by atoms with Gasteiger partial charge in [0.15, 0.2) is 0 Å². The molecule has 90 valence electrons. The van der Waals surface area contributed by atoms with E-state index in [0.717, 1.165) is 12.4 Å². The van der Waals surface area contributed by atoms with E-state index in [1.54, 1.807) is 13.2 Å². The van der Waals surface area contributed by atoms with Gasteiger partial charge in [-0.1, -0.05) is 13.8 Å². The first-order valence-electron chi connectivity index (χ1n) is 5.57. The molecule has 0 saturated carbocycles. The van der Waals surface area contributed by atoms with Gasteiger partial charge in [-0.2, -0.15) is 0 Å². The molecule has 1 rings (SSSR count). The van der Waals surface area contributed by atoms with Gasteiger partial charge in [0.25, 0.3) is 0 Å². The van der Waals surface area contributed by atoms with Gasteiger partial charge < -0.3 is 15.2 Å². The van der Waals surface area contributed by atoms with Crippen molar-refractivity contribution in [2.75, 3.05) is 7.05 Å². The Labute approximate surface area is 96.3 Å². The van der Waals surface area contributed by atoms with Crippen LogP contribution in [0.2, 0.25) is 0 Å². The van der Waals surface area contributed by atoms with Crippen LogP contribution < -0.4 is 10.6 Å². The Morgan fingerprint density at radius 1 is 1.56 bits per heavy atom. The van der Waals surface area contributed by atoms with E-state index in [9.17, 15) is 4.79 Å². The van der Waals surface area contributed by atoms with Crippen molar-refractivity contribution in [2.45, 2.75) is 39.4 Å². The lowest BCUT2D eigenvalue weighted by Gasteiger charge is -2.10. The molecule has 0 aliphatic heterocycles.